The van der Waals surface area contributed by atoms with E-state index in [4.69, 9.17) is 15.0 Å². The van der Waals surface area contributed by atoms with Gasteiger partial charge in [-0.25, -0.2) is 15.0 Å². The summed E-state index contributed by atoms with van der Waals surface area (Å²) in [7, 11) is 0. The van der Waals surface area contributed by atoms with Crippen molar-refractivity contribution in [2.45, 2.75) is 6.42 Å². The molecule has 1 heterocycles. The maximum absolute atomic E-state index is 4.97. The van der Waals surface area contributed by atoms with Gasteiger partial charge in [0.15, 0.2) is 17.5 Å². The van der Waals surface area contributed by atoms with E-state index < -0.39 is 0 Å². The Hall–Kier alpha value is -6.45. The molecular formula is C48H33N3. The SMILES string of the molecule is C1=CC2C(c3ccc4cc(-c5nc(-c6ccccc6)nc(-c6ccccc6)n5)ccc4c3)=CC3=C(Cc4cccc(-c5ccccc5)c43)C2C=C1. The Morgan fingerprint density at radius 2 is 1.00 bits per heavy atom. The summed E-state index contributed by atoms with van der Waals surface area (Å²) in [6, 6.07) is 51.4. The molecule has 0 amide bonds. The Balaban J connectivity index is 1.06. The van der Waals surface area contributed by atoms with Gasteiger partial charge in [-0.3, -0.25) is 0 Å². The minimum Gasteiger partial charge on any atom is -0.208 e. The van der Waals surface area contributed by atoms with E-state index in [0.29, 0.717) is 29.3 Å². The summed E-state index contributed by atoms with van der Waals surface area (Å²) >= 11 is 0. The van der Waals surface area contributed by atoms with Crippen LogP contribution in [-0.2, 0) is 6.42 Å². The Bertz CT molecular complexity index is 2540. The molecule has 0 fully saturated rings. The molecule has 0 aliphatic heterocycles. The summed E-state index contributed by atoms with van der Waals surface area (Å²) in [6.07, 6.45) is 12.7. The van der Waals surface area contributed by atoms with Crippen LogP contribution in [0.1, 0.15) is 16.7 Å². The van der Waals surface area contributed by atoms with Crippen molar-refractivity contribution in [3.8, 4) is 45.3 Å². The van der Waals surface area contributed by atoms with Crippen LogP contribution in [0.4, 0.5) is 0 Å². The average molecular weight is 652 g/mol. The van der Waals surface area contributed by atoms with Crippen molar-refractivity contribution < 1.29 is 0 Å². The van der Waals surface area contributed by atoms with Crippen LogP contribution in [-0.4, -0.2) is 15.0 Å². The Kier molecular flexibility index (Phi) is 7.02. The second kappa shape index (κ2) is 12.2. The summed E-state index contributed by atoms with van der Waals surface area (Å²) in [5, 5.41) is 2.35. The third kappa shape index (κ3) is 5.17. The van der Waals surface area contributed by atoms with Crippen LogP contribution in [0, 0.1) is 11.8 Å². The van der Waals surface area contributed by atoms with Crippen LogP contribution in [0.3, 0.4) is 0 Å². The van der Waals surface area contributed by atoms with E-state index in [9.17, 15) is 0 Å². The van der Waals surface area contributed by atoms with E-state index in [1.165, 1.54) is 49.9 Å². The lowest BCUT2D eigenvalue weighted by Gasteiger charge is -2.33. The summed E-state index contributed by atoms with van der Waals surface area (Å²) in [5.74, 6) is 2.65. The second-order valence-electron chi connectivity index (χ2n) is 13.6. The lowest BCUT2D eigenvalue weighted by molar-refractivity contribution is 0.633. The molecule has 2 unspecified atom stereocenters. The number of rotatable bonds is 5. The van der Waals surface area contributed by atoms with Crippen molar-refractivity contribution in [1.82, 2.24) is 15.0 Å². The molecule has 0 spiro atoms. The van der Waals surface area contributed by atoms with Gasteiger partial charge >= 0.3 is 0 Å². The molecule has 3 aliphatic carbocycles. The minimum absolute atomic E-state index is 0.304. The van der Waals surface area contributed by atoms with Crippen LogP contribution >= 0.6 is 0 Å². The highest BCUT2D eigenvalue weighted by Gasteiger charge is 2.37. The third-order valence-electron chi connectivity index (χ3n) is 10.6. The van der Waals surface area contributed by atoms with Gasteiger partial charge in [0.25, 0.3) is 0 Å². The number of benzene rings is 6. The molecule has 2 atom stereocenters. The Morgan fingerprint density at radius 3 is 1.65 bits per heavy atom. The Morgan fingerprint density at radius 1 is 0.451 bits per heavy atom. The zero-order chi connectivity index (χ0) is 33.7. The van der Waals surface area contributed by atoms with Crippen LogP contribution in [0.25, 0.3) is 67.2 Å². The van der Waals surface area contributed by atoms with Gasteiger partial charge < -0.3 is 0 Å². The van der Waals surface area contributed by atoms with Gasteiger partial charge in [-0.1, -0.05) is 163 Å². The molecule has 240 valence electrons. The number of hydrogen-bond acceptors (Lipinski definition) is 3. The van der Waals surface area contributed by atoms with Crippen molar-refractivity contribution in [1.29, 1.82) is 0 Å². The van der Waals surface area contributed by atoms with E-state index in [0.717, 1.165) is 28.5 Å². The second-order valence-corrected chi connectivity index (χ2v) is 13.6. The normalized spacial score (nSPS) is 17.2. The molecule has 10 rings (SSSR count). The predicted molar refractivity (Wildman–Crippen MR) is 209 cm³/mol. The van der Waals surface area contributed by atoms with E-state index in [2.05, 4.69) is 115 Å². The molecule has 0 saturated heterocycles. The van der Waals surface area contributed by atoms with Crippen molar-refractivity contribution in [2.75, 3.05) is 0 Å². The van der Waals surface area contributed by atoms with Crippen molar-refractivity contribution in [3.63, 3.8) is 0 Å². The third-order valence-corrected chi connectivity index (χ3v) is 10.6. The standard InChI is InChI=1S/C48H33N3/c1-4-13-31(14-5-1)39-22-12-19-37-29-43-41-21-11-10-20-40(41)42(30-44(43)45(37)39)36-25-23-35-28-38(26-24-34(35)27-36)48-50-46(32-15-6-2-7-16-32)49-47(51-48)33-17-8-3-9-18-33/h1-28,30,40-41H,29H2. The van der Waals surface area contributed by atoms with E-state index in [1.807, 2.05) is 60.7 Å². The predicted octanol–water partition coefficient (Wildman–Crippen LogP) is 11.5. The fraction of sp³-hybridized carbons (Fsp3) is 0.0625. The van der Waals surface area contributed by atoms with E-state index in [-0.39, 0.29) is 0 Å². The van der Waals surface area contributed by atoms with E-state index >= 15 is 0 Å². The fourth-order valence-electron chi connectivity index (χ4n) is 8.11. The monoisotopic (exact) mass is 651 g/mol. The van der Waals surface area contributed by atoms with Crippen LogP contribution in [0.2, 0.25) is 0 Å². The van der Waals surface area contributed by atoms with Crippen molar-refractivity contribution in [3.05, 3.63) is 198 Å². The van der Waals surface area contributed by atoms with Crippen LogP contribution < -0.4 is 0 Å². The largest absolute Gasteiger partial charge is 0.208 e. The molecule has 0 saturated carbocycles. The zero-order valence-corrected chi connectivity index (χ0v) is 27.9. The minimum atomic E-state index is 0.304. The van der Waals surface area contributed by atoms with Gasteiger partial charge in [0.05, 0.1) is 0 Å². The number of hydrogen-bond donors (Lipinski definition) is 0. The Labute approximate surface area is 297 Å². The molecule has 7 aromatic rings. The van der Waals surface area contributed by atoms with Crippen LogP contribution in [0.15, 0.2) is 182 Å². The quantitative estimate of drug-likeness (QED) is 0.186. The highest BCUT2D eigenvalue weighted by molar-refractivity contribution is 5.99. The first-order valence-corrected chi connectivity index (χ1v) is 17.7. The van der Waals surface area contributed by atoms with Gasteiger partial charge in [0.2, 0.25) is 0 Å². The molecule has 0 radical (unpaired) electrons. The van der Waals surface area contributed by atoms with Gasteiger partial charge in [-0.05, 0) is 74.4 Å². The van der Waals surface area contributed by atoms with Gasteiger partial charge in [-0.2, -0.15) is 0 Å². The molecule has 0 bridgehead atoms. The molecule has 3 heteroatoms. The average Bonchev–Trinajstić information content (AvgIpc) is 3.60. The molecule has 3 aliphatic rings. The fourth-order valence-corrected chi connectivity index (χ4v) is 8.11. The summed E-state index contributed by atoms with van der Waals surface area (Å²) < 4.78 is 0. The van der Waals surface area contributed by atoms with Gasteiger partial charge in [-0.15, -0.1) is 0 Å². The smallest absolute Gasteiger partial charge is 0.164 e. The van der Waals surface area contributed by atoms with Crippen molar-refractivity contribution in [2.24, 2.45) is 11.8 Å². The lowest BCUT2D eigenvalue weighted by Crippen LogP contribution is -2.20. The molecule has 3 nitrogen and oxygen atoms in total. The molecule has 0 N–H and O–H groups in total. The highest BCUT2D eigenvalue weighted by atomic mass is 15.0. The van der Waals surface area contributed by atoms with Crippen molar-refractivity contribution >= 4 is 21.9 Å². The molecule has 6 aromatic carbocycles. The molecular weight excluding hydrogens is 619 g/mol. The number of aromatic nitrogens is 3. The number of allylic oxidation sites excluding steroid dienone is 8. The summed E-state index contributed by atoms with van der Waals surface area (Å²) in [6.45, 7) is 0. The maximum Gasteiger partial charge on any atom is 0.164 e. The summed E-state index contributed by atoms with van der Waals surface area (Å²) in [5.41, 5.74) is 13.9. The number of nitrogens with zero attached hydrogens (tertiary/aromatic N) is 3. The van der Waals surface area contributed by atoms with Gasteiger partial charge in [0.1, 0.15) is 0 Å². The number of fused-ring (bicyclic) bond motifs is 5. The topological polar surface area (TPSA) is 38.7 Å². The highest BCUT2D eigenvalue weighted by Crippen LogP contribution is 2.52. The molecule has 1 aromatic heterocycles. The lowest BCUT2D eigenvalue weighted by atomic mass is 9.71. The maximum atomic E-state index is 4.97. The van der Waals surface area contributed by atoms with Gasteiger partial charge in [0, 0.05) is 28.5 Å². The molecule has 51 heavy (non-hydrogen) atoms. The first kappa shape index (κ1) is 29.5. The summed E-state index contributed by atoms with van der Waals surface area (Å²) in [4.78, 5) is 14.8. The van der Waals surface area contributed by atoms with E-state index in [1.54, 1.807) is 0 Å². The first-order chi connectivity index (χ1) is 25.3. The first-order valence-electron chi connectivity index (χ1n) is 17.7. The van der Waals surface area contributed by atoms with Crippen LogP contribution in [0.5, 0.6) is 0 Å². The zero-order valence-electron chi connectivity index (χ0n) is 27.9.